The number of nitro groups is 1. The maximum absolute atomic E-state index is 13.0. The molecule has 10 heteroatoms. The van der Waals surface area contributed by atoms with Crippen LogP contribution in [0.2, 0.25) is 0 Å². The van der Waals surface area contributed by atoms with Crippen molar-refractivity contribution in [3.8, 4) is 5.69 Å². The van der Waals surface area contributed by atoms with Crippen molar-refractivity contribution in [3.63, 3.8) is 0 Å². The van der Waals surface area contributed by atoms with Crippen LogP contribution in [0.5, 0.6) is 0 Å². The smallest absolute Gasteiger partial charge is 0.478 e. The van der Waals surface area contributed by atoms with E-state index in [9.17, 15) is 19.3 Å². The van der Waals surface area contributed by atoms with E-state index in [1.54, 1.807) is 0 Å². The summed E-state index contributed by atoms with van der Waals surface area (Å²) in [6, 6.07) is 2.95. The first-order valence-corrected chi connectivity index (χ1v) is 5.49. The zero-order valence-electron chi connectivity index (χ0n) is 8.95. The molecular weight excluding hydrogens is 327 g/mol. The predicted molar refractivity (Wildman–Crippen MR) is 62.6 cm³/mol. The molecule has 2 rings (SSSR count). The minimum absolute atomic E-state index is 0.0404. The average molecular weight is 331 g/mol. The number of aromatic nitrogens is 3. The summed E-state index contributed by atoms with van der Waals surface area (Å²) in [5, 5.41) is 23.0. The maximum atomic E-state index is 13.0. The van der Waals surface area contributed by atoms with Gasteiger partial charge in [0, 0.05) is 21.0 Å². The summed E-state index contributed by atoms with van der Waals surface area (Å²) >= 11 is 2.92. The number of carboxylic acids is 1. The molecular formula is C9H4BrFN4O4. The molecule has 1 aromatic carbocycles. The molecule has 0 amide bonds. The van der Waals surface area contributed by atoms with Crippen LogP contribution in [-0.4, -0.2) is 30.8 Å². The molecule has 0 aliphatic heterocycles. The Bertz CT molecular complexity index is 687. The minimum atomic E-state index is -1.39. The number of hydrogen-bond donors (Lipinski definition) is 1. The first-order chi connectivity index (χ1) is 8.90. The molecule has 1 heterocycles. The van der Waals surface area contributed by atoms with Gasteiger partial charge in [0.1, 0.15) is 5.82 Å². The van der Waals surface area contributed by atoms with Crippen LogP contribution in [0.25, 0.3) is 5.69 Å². The van der Waals surface area contributed by atoms with Crippen LogP contribution in [0, 0.1) is 15.9 Å². The lowest BCUT2D eigenvalue weighted by Gasteiger charge is -2.03. The predicted octanol–water partition coefficient (Wildman–Crippen LogP) is 1.78. The molecule has 1 N–H and O–H groups in total. The van der Waals surface area contributed by atoms with Crippen molar-refractivity contribution in [2.75, 3.05) is 0 Å². The normalized spacial score (nSPS) is 10.4. The highest BCUT2D eigenvalue weighted by molar-refractivity contribution is 9.10. The van der Waals surface area contributed by atoms with E-state index in [1.165, 1.54) is 0 Å². The molecule has 0 saturated carbocycles. The number of carbonyl (C=O) groups is 1. The summed E-state index contributed by atoms with van der Waals surface area (Å²) < 4.78 is 13.9. The molecule has 0 bridgehead atoms. The highest BCUT2D eigenvalue weighted by atomic mass is 79.9. The van der Waals surface area contributed by atoms with Crippen molar-refractivity contribution in [3.05, 3.63) is 44.4 Å². The van der Waals surface area contributed by atoms with Crippen molar-refractivity contribution >= 4 is 27.8 Å². The second kappa shape index (κ2) is 4.72. The highest BCUT2D eigenvalue weighted by Gasteiger charge is 2.24. The Hall–Kier alpha value is -2.36. The largest absolute Gasteiger partial charge is 0.492 e. The fraction of sp³-hybridized carbons (Fsp3) is 0. The molecule has 0 saturated heterocycles. The summed E-state index contributed by atoms with van der Waals surface area (Å²) in [4.78, 5) is 24.2. The zero-order valence-corrected chi connectivity index (χ0v) is 10.5. The van der Waals surface area contributed by atoms with Gasteiger partial charge in [-0.2, -0.15) is 0 Å². The van der Waals surface area contributed by atoms with E-state index >= 15 is 0 Å². The van der Waals surface area contributed by atoms with Crippen LogP contribution in [0.3, 0.4) is 0 Å². The van der Waals surface area contributed by atoms with Crippen LogP contribution in [0.15, 0.2) is 22.9 Å². The Balaban J connectivity index is 2.65. The van der Waals surface area contributed by atoms with E-state index in [-0.39, 0.29) is 16.0 Å². The van der Waals surface area contributed by atoms with Gasteiger partial charge in [-0.3, -0.25) is 0 Å². The Morgan fingerprint density at radius 1 is 1.53 bits per heavy atom. The molecule has 2 aromatic rings. The van der Waals surface area contributed by atoms with Crippen LogP contribution in [0.1, 0.15) is 10.4 Å². The molecule has 0 aliphatic rings. The quantitative estimate of drug-likeness (QED) is 0.678. The Morgan fingerprint density at radius 2 is 2.21 bits per heavy atom. The molecule has 0 unspecified atom stereocenters. The monoisotopic (exact) mass is 330 g/mol. The Morgan fingerprint density at radius 3 is 2.74 bits per heavy atom. The lowest BCUT2D eigenvalue weighted by Crippen LogP contribution is -2.07. The number of rotatable bonds is 3. The second-order valence-corrected chi connectivity index (χ2v) is 4.03. The summed E-state index contributed by atoms with van der Waals surface area (Å²) in [6.07, 6.45) is 0. The summed E-state index contributed by atoms with van der Waals surface area (Å²) in [5.41, 5.74) is -0.429. The van der Waals surface area contributed by atoms with Crippen molar-refractivity contribution in [1.29, 1.82) is 0 Å². The first-order valence-electron chi connectivity index (χ1n) is 4.70. The van der Waals surface area contributed by atoms with Gasteiger partial charge in [0.2, 0.25) is 0 Å². The third kappa shape index (κ3) is 2.42. The fourth-order valence-electron chi connectivity index (χ4n) is 1.38. The van der Waals surface area contributed by atoms with E-state index in [4.69, 9.17) is 5.11 Å². The number of nitrogens with zero attached hydrogens (tertiary/aromatic N) is 4. The van der Waals surface area contributed by atoms with Gasteiger partial charge in [0.25, 0.3) is 4.73 Å². The Labute approximate surface area is 112 Å². The van der Waals surface area contributed by atoms with Crippen molar-refractivity contribution in [2.45, 2.75) is 0 Å². The standard InChI is InChI=1S/C9H4BrFN4O4/c10-8-12-9(15(18)19)13-14(8)6-2-1-4(11)3-5(6)7(16)17/h1-3H,(H,16,17). The van der Waals surface area contributed by atoms with Crippen LogP contribution in [0.4, 0.5) is 10.3 Å². The fourth-order valence-corrected chi connectivity index (χ4v) is 1.81. The molecule has 0 spiro atoms. The average Bonchev–Trinajstić information content (AvgIpc) is 2.71. The summed E-state index contributed by atoms with van der Waals surface area (Å²) in [6.45, 7) is 0. The van der Waals surface area contributed by atoms with Crippen LogP contribution >= 0.6 is 15.9 Å². The molecule has 98 valence electrons. The number of halogens is 2. The van der Waals surface area contributed by atoms with Gasteiger partial charge in [0.05, 0.1) is 11.3 Å². The Kier molecular flexibility index (Phi) is 3.25. The summed E-state index contributed by atoms with van der Waals surface area (Å²) in [5.74, 6) is -2.83. The highest BCUT2D eigenvalue weighted by Crippen LogP contribution is 2.21. The van der Waals surface area contributed by atoms with Gasteiger partial charge in [-0.05, 0) is 28.1 Å². The molecule has 0 radical (unpaired) electrons. The van der Waals surface area contributed by atoms with Crippen molar-refractivity contribution in [2.24, 2.45) is 0 Å². The van der Waals surface area contributed by atoms with Crippen molar-refractivity contribution in [1.82, 2.24) is 14.8 Å². The number of carboxylic acid groups (broad SMARTS) is 1. The number of hydrogen-bond acceptors (Lipinski definition) is 5. The topological polar surface area (TPSA) is 111 Å². The van der Waals surface area contributed by atoms with Gasteiger partial charge >= 0.3 is 11.9 Å². The second-order valence-electron chi connectivity index (χ2n) is 3.32. The lowest BCUT2D eigenvalue weighted by atomic mass is 10.2. The SMILES string of the molecule is O=C(O)c1cc(F)ccc1-n1nc([N+](=O)[O-])nc1Br. The van der Waals surface area contributed by atoms with Crippen LogP contribution < -0.4 is 0 Å². The molecule has 8 nitrogen and oxygen atoms in total. The molecule has 0 atom stereocenters. The maximum Gasteiger partial charge on any atom is 0.492 e. The van der Waals surface area contributed by atoms with E-state index in [0.717, 1.165) is 22.9 Å². The lowest BCUT2D eigenvalue weighted by molar-refractivity contribution is -0.394. The van der Waals surface area contributed by atoms with E-state index < -0.39 is 22.7 Å². The third-order valence-electron chi connectivity index (χ3n) is 2.14. The number of aromatic carboxylic acids is 1. The molecule has 0 aliphatic carbocycles. The third-order valence-corrected chi connectivity index (χ3v) is 2.65. The van der Waals surface area contributed by atoms with Crippen LogP contribution in [-0.2, 0) is 0 Å². The number of benzene rings is 1. The first kappa shape index (κ1) is 13.1. The summed E-state index contributed by atoms with van der Waals surface area (Å²) in [7, 11) is 0. The van der Waals surface area contributed by atoms with Gasteiger partial charge in [-0.25, -0.2) is 9.18 Å². The van der Waals surface area contributed by atoms with E-state index in [2.05, 4.69) is 26.0 Å². The molecule has 19 heavy (non-hydrogen) atoms. The zero-order chi connectivity index (χ0) is 14.2. The van der Waals surface area contributed by atoms with Gasteiger partial charge < -0.3 is 15.2 Å². The molecule has 0 fully saturated rings. The van der Waals surface area contributed by atoms with Gasteiger partial charge in [-0.15, -0.1) is 4.68 Å². The van der Waals surface area contributed by atoms with E-state index in [1.807, 2.05) is 0 Å². The van der Waals surface area contributed by atoms with Gasteiger partial charge in [0.15, 0.2) is 0 Å². The van der Waals surface area contributed by atoms with Gasteiger partial charge in [-0.1, -0.05) is 0 Å². The molecule has 1 aromatic heterocycles. The van der Waals surface area contributed by atoms with Crippen molar-refractivity contribution < 1.29 is 19.2 Å². The van der Waals surface area contributed by atoms with E-state index in [0.29, 0.717) is 0 Å². The minimum Gasteiger partial charge on any atom is -0.478 e.